The smallest absolute Gasteiger partial charge is 0.401 e. The van der Waals surface area contributed by atoms with E-state index in [-0.39, 0.29) is 23.9 Å². The number of hydrogen-bond donors (Lipinski definition) is 0. The molecule has 0 amide bonds. The van der Waals surface area contributed by atoms with Gasteiger partial charge in [-0.1, -0.05) is 30.3 Å². The number of benzene rings is 1. The minimum absolute atomic E-state index is 0.0112. The summed E-state index contributed by atoms with van der Waals surface area (Å²) in [6.45, 7) is -1.11. The summed E-state index contributed by atoms with van der Waals surface area (Å²) in [6.07, 6.45) is -1.20. The quantitative estimate of drug-likeness (QED) is 0.597. The van der Waals surface area contributed by atoms with Crippen LogP contribution in [0.4, 0.5) is 13.2 Å². The van der Waals surface area contributed by atoms with Crippen molar-refractivity contribution in [2.24, 2.45) is 0 Å². The lowest BCUT2D eigenvalue weighted by molar-refractivity contribution is -0.151. The highest BCUT2D eigenvalue weighted by molar-refractivity contribution is 7.71. The van der Waals surface area contributed by atoms with Crippen LogP contribution in [0.2, 0.25) is 0 Å². The monoisotopic (exact) mass is 380 g/mol. The van der Waals surface area contributed by atoms with Crippen LogP contribution in [-0.4, -0.2) is 32.4 Å². The molecule has 0 saturated carbocycles. The van der Waals surface area contributed by atoms with Crippen LogP contribution in [0.1, 0.15) is 5.56 Å². The van der Waals surface area contributed by atoms with Gasteiger partial charge in [0.25, 0.3) is 4.84 Å². The molecule has 0 radical (unpaired) electrons. The second kappa shape index (κ2) is 7.79. The predicted molar refractivity (Wildman–Crippen MR) is 91.5 cm³/mol. The molecular weight excluding hydrogens is 365 g/mol. The topological polar surface area (TPSA) is 47.1 Å². The van der Waals surface area contributed by atoms with Crippen LogP contribution in [-0.2, 0) is 13.2 Å². The number of alkyl halides is 3. The maximum Gasteiger partial charge on any atom is 0.401 e. The molecule has 1 aromatic carbocycles. The van der Waals surface area contributed by atoms with E-state index < -0.39 is 12.7 Å². The van der Waals surface area contributed by atoms with E-state index in [1.165, 1.54) is 9.58 Å². The summed E-state index contributed by atoms with van der Waals surface area (Å²) in [7, 11) is 0. The second-order valence-corrected chi connectivity index (χ2v) is 5.99. The molecule has 3 aromatic rings. The molecule has 3 rings (SSSR count). The Hall–Kier alpha value is -2.52. The first-order chi connectivity index (χ1) is 12.4. The van der Waals surface area contributed by atoms with Crippen LogP contribution < -0.4 is 0 Å². The zero-order valence-corrected chi connectivity index (χ0v) is 14.4. The van der Waals surface area contributed by atoms with Gasteiger partial charge in [0.15, 0.2) is 0 Å². The predicted octanol–water partition coefficient (Wildman–Crippen LogP) is 4.29. The molecule has 0 saturated heterocycles. The normalized spacial score (nSPS) is 11.8. The van der Waals surface area contributed by atoms with Gasteiger partial charge in [0.1, 0.15) is 0 Å². The summed E-state index contributed by atoms with van der Waals surface area (Å²) in [5.74, 6) is 0.240. The summed E-state index contributed by atoms with van der Waals surface area (Å²) in [4.78, 5) is 5.12. The van der Waals surface area contributed by atoms with Crippen molar-refractivity contribution >= 4 is 12.2 Å². The summed E-state index contributed by atoms with van der Waals surface area (Å²) in [5, 5.41) is 4.20. The van der Waals surface area contributed by atoms with Crippen LogP contribution in [0, 0.1) is 4.84 Å². The van der Waals surface area contributed by atoms with Crippen LogP contribution in [0.25, 0.3) is 11.5 Å². The van der Waals surface area contributed by atoms with Crippen LogP contribution in [0.3, 0.4) is 0 Å². The minimum atomic E-state index is -4.34. The summed E-state index contributed by atoms with van der Waals surface area (Å²) < 4.78 is 45.5. The number of aromatic nitrogens is 3. The first-order valence-corrected chi connectivity index (χ1v) is 8.13. The van der Waals surface area contributed by atoms with Crippen LogP contribution >= 0.6 is 12.2 Å². The third-order valence-corrected chi connectivity index (χ3v) is 3.81. The molecule has 0 bridgehead atoms. The Morgan fingerprint density at radius 3 is 2.42 bits per heavy atom. The number of rotatable bonds is 6. The average Bonchev–Trinajstić information content (AvgIpc) is 2.96. The SMILES string of the molecule is FC(F)(F)CN(Cc1ccccc1)Cn1nc(-c2ccncc2)oc1=S. The summed E-state index contributed by atoms with van der Waals surface area (Å²) in [5.41, 5.74) is 1.41. The highest BCUT2D eigenvalue weighted by Crippen LogP contribution is 2.20. The van der Waals surface area contributed by atoms with E-state index in [1.54, 1.807) is 48.8 Å². The number of pyridine rings is 1. The molecule has 0 aliphatic heterocycles. The van der Waals surface area contributed by atoms with Crippen molar-refractivity contribution in [3.8, 4) is 11.5 Å². The van der Waals surface area contributed by atoms with Crippen molar-refractivity contribution in [1.82, 2.24) is 19.7 Å². The molecule has 0 N–H and O–H groups in total. The molecule has 0 spiro atoms. The van der Waals surface area contributed by atoms with Gasteiger partial charge in [-0.25, -0.2) is 4.68 Å². The highest BCUT2D eigenvalue weighted by atomic mass is 32.1. The lowest BCUT2D eigenvalue weighted by Crippen LogP contribution is -2.35. The summed E-state index contributed by atoms with van der Waals surface area (Å²) >= 11 is 5.11. The van der Waals surface area contributed by atoms with Crippen molar-refractivity contribution in [3.05, 3.63) is 65.3 Å². The number of hydrogen-bond acceptors (Lipinski definition) is 5. The van der Waals surface area contributed by atoms with Gasteiger partial charge in [0, 0.05) is 24.5 Å². The Labute approximate surface area is 152 Å². The maximum atomic E-state index is 13.0. The van der Waals surface area contributed by atoms with Crippen molar-refractivity contribution in [3.63, 3.8) is 0 Å². The molecule has 9 heteroatoms. The molecule has 0 aliphatic rings. The van der Waals surface area contributed by atoms with E-state index in [4.69, 9.17) is 16.6 Å². The third kappa shape index (κ3) is 4.99. The lowest BCUT2D eigenvalue weighted by Gasteiger charge is -2.23. The molecule has 0 atom stereocenters. The van der Waals surface area contributed by atoms with E-state index in [9.17, 15) is 13.2 Å². The Bertz CT molecular complexity index is 894. The van der Waals surface area contributed by atoms with Gasteiger partial charge in [-0.3, -0.25) is 9.88 Å². The molecule has 26 heavy (non-hydrogen) atoms. The van der Waals surface area contributed by atoms with Crippen LogP contribution in [0.15, 0.2) is 59.3 Å². The zero-order valence-electron chi connectivity index (χ0n) is 13.6. The van der Waals surface area contributed by atoms with Gasteiger partial charge >= 0.3 is 6.18 Å². The molecule has 5 nitrogen and oxygen atoms in total. The average molecular weight is 380 g/mol. The van der Waals surface area contributed by atoms with Gasteiger partial charge in [0.2, 0.25) is 5.89 Å². The fraction of sp³-hybridized carbons (Fsp3) is 0.235. The van der Waals surface area contributed by atoms with Crippen molar-refractivity contribution in [1.29, 1.82) is 0 Å². The largest absolute Gasteiger partial charge is 0.409 e. The standard InChI is InChI=1S/C17H15F3N4OS/c18-17(19,20)11-23(10-13-4-2-1-3-5-13)12-24-16(26)25-15(22-24)14-6-8-21-9-7-14/h1-9H,10-12H2. The fourth-order valence-corrected chi connectivity index (χ4v) is 2.62. The van der Waals surface area contributed by atoms with Gasteiger partial charge < -0.3 is 4.42 Å². The second-order valence-electron chi connectivity index (χ2n) is 5.64. The Morgan fingerprint density at radius 2 is 1.77 bits per heavy atom. The molecule has 2 aromatic heterocycles. The molecule has 0 aliphatic carbocycles. The van der Waals surface area contributed by atoms with Crippen molar-refractivity contribution in [2.45, 2.75) is 19.4 Å². The Morgan fingerprint density at radius 1 is 1.08 bits per heavy atom. The minimum Gasteiger partial charge on any atom is -0.409 e. The maximum absolute atomic E-state index is 13.0. The fourth-order valence-electron chi connectivity index (χ4n) is 2.45. The van der Waals surface area contributed by atoms with E-state index in [1.807, 2.05) is 6.07 Å². The van der Waals surface area contributed by atoms with E-state index in [0.717, 1.165) is 5.56 Å². The first kappa shape index (κ1) is 18.3. The molecule has 136 valence electrons. The van der Waals surface area contributed by atoms with E-state index in [0.29, 0.717) is 5.56 Å². The summed E-state index contributed by atoms with van der Waals surface area (Å²) in [6, 6.07) is 12.3. The number of halogens is 3. The molecule has 0 unspecified atom stereocenters. The lowest BCUT2D eigenvalue weighted by atomic mass is 10.2. The van der Waals surface area contributed by atoms with Crippen molar-refractivity contribution < 1.29 is 17.6 Å². The third-order valence-electron chi connectivity index (χ3n) is 3.52. The molecule has 0 fully saturated rings. The van der Waals surface area contributed by atoms with Crippen LogP contribution in [0.5, 0.6) is 0 Å². The Balaban J connectivity index is 1.82. The molecule has 2 heterocycles. The number of nitrogens with zero attached hydrogens (tertiary/aromatic N) is 4. The Kier molecular flexibility index (Phi) is 5.48. The highest BCUT2D eigenvalue weighted by Gasteiger charge is 2.31. The first-order valence-electron chi connectivity index (χ1n) is 7.72. The van der Waals surface area contributed by atoms with E-state index >= 15 is 0 Å². The van der Waals surface area contributed by atoms with Gasteiger partial charge in [-0.15, -0.1) is 5.10 Å². The van der Waals surface area contributed by atoms with Gasteiger partial charge in [0.05, 0.1) is 13.2 Å². The molecular formula is C17H15F3N4OS. The van der Waals surface area contributed by atoms with E-state index in [2.05, 4.69) is 10.1 Å². The van der Waals surface area contributed by atoms with Gasteiger partial charge in [-0.2, -0.15) is 13.2 Å². The van der Waals surface area contributed by atoms with Gasteiger partial charge in [-0.05, 0) is 29.9 Å². The zero-order chi connectivity index (χ0) is 18.6. The van der Waals surface area contributed by atoms with Crippen molar-refractivity contribution in [2.75, 3.05) is 6.54 Å².